The van der Waals surface area contributed by atoms with E-state index in [-0.39, 0.29) is 64.3 Å². The Morgan fingerprint density at radius 2 is 1.95 bits per heavy atom. The third kappa shape index (κ3) is 4.36. The van der Waals surface area contributed by atoms with Gasteiger partial charge in [-0.15, -0.1) is 0 Å². The molecule has 2 amide bonds. The zero-order valence-corrected chi connectivity index (χ0v) is 12.4. The van der Waals surface area contributed by atoms with Crippen LogP contribution in [0.15, 0.2) is 0 Å². The van der Waals surface area contributed by atoms with Crippen LogP contribution in [0.3, 0.4) is 0 Å². The molecule has 2 rings (SSSR count). The Bertz CT molecular complexity index is 437. The third-order valence-corrected chi connectivity index (χ3v) is 4.24. The lowest BCUT2D eigenvalue weighted by Gasteiger charge is -2.34. The van der Waals surface area contributed by atoms with Gasteiger partial charge in [0.1, 0.15) is 5.60 Å². The number of aliphatic hydroxyl groups is 1. The number of hydrogen-bond acceptors (Lipinski definition) is 4. The van der Waals surface area contributed by atoms with Crippen molar-refractivity contribution in [1.29, 1.82) is 0 Å². The van der Waals surface area contributed by atoms with Crippen molar-refractivity contribution in [2.75, 3.05) is 26.3 Å². The van der Waals surface area contributed by atoms with Gasteiger partial charge in [-0.05, 0) is 12.8 Å². The summed E-state index contributed by atoms with van der Waals surface area (Å²) in [5.74, 6) is -4.09. The molecule has 2 fully saturated rings. The highest BCUT2D eigenvalue weighted by Crippen LogP contribution is 2.37. The molecule has 126 valence electrons. The summed E-state index contributed by atoms with van der Waals surface area (Å²) >= 11 is 0. The molecule has 1 aliphatic carbocycles. The number of β-amino-alcohol motifs (C(OH)–C–C–N with tert-alkyl or cyclic N) is 1. The number of primary amides is 1. The lowest BCUT2D eigenvalue weighted by molar-refractivity contribution is -0.144. The van der Waals surface area contributed by atoms with Gasteiger partial charge in [-0.25, -0.2) is 8.78 Å². The first-order chi connectivity index (χ1) is 10.2. The Morgan fingerprint density at radius 1 is 1.32 bits per heavy atom. The summed E-state index contributed by atoms with van der Waals surface area (Å²) in [5, 5.41) is 10.4. The van der Waals surface area contributed by atoms with Crippen molar-refractivity contribution in [3.63, 3.8) is 0 Å². The number of nitrogens with two attached hydrogens (primary N) is 1. The summed E-state index contributed by atoms with van der Waals surface area (Å²) in [6.45, 7) is 0.354. The van der Waals surface area contributed by atoms with Crippen LogP contribution in [0.2, 0.25) is 0 Å². The summed E-state index contributed by atoms with van der Waals surface area (Å²) < 4.78 is 31.6. The highest BCUT2D eigenvalue weighted by atomic mass is 19.3. The largest absolute Gasteiger partial charge is 0.385 e. The molecule has 0 radical (unpaired) electrons. The molecule has 0 bridgehead atoms. The molecule has 0 aromatic rings. The molecule has 0 aromatic carbocycles. The SMILES string of the molecule is NC(=O)C[C@@]1(O)COCCN(C(=O)C2CCC(F)(F)CC2)C1. The third-order valence-electron chi connectivity index (χ3n) is 4.24. The molecule has 2 aliphatic rings. The van der Waals surface area contributed by atoms with E-state index in [4.69, 9.17) is 10.5 Å². The highest BCUT2D eigenvalue weighted by molar-refractivity contribution is 5.79. The Morgan fingerprint density at radius 3 is 2.55 bits per heavy atom. The standard InChI is InChI=1S/C14H22F2N2O4/c15-14(16)3-1-10(2-4-14)12(20)18-5-6-22-9-13(21,8-18)7-11(17)19/h10,21H,1-9H2,(H2,17,19)/t13-/m0/s1. The van der Waals surface area contributed by atoms with Crippen molar-refractivity contribution in [3.05, 3.63) is 0 Å². The molecule has 3 N–H and O–H groups in total. The quantitative estimate of drug-likeness (QED) is 0.781. The maximum atomic E-state index is 13.2. The predicted octanol–water partition coefficient (Wildman–Crippen LogP) is 0.277. The molecular formula is C14H22F2N2O4. The van der Waals surface area contributed by atoms with Gasteiger partial charge in [0.25, 0.3) is 0 Å². The van der Waals surface area contributed by atoms with E-state index < -0.39 is 23.3 Å². The molecule has 0 unspecified atom stereocenters. The fourth-order valence-corrected chi connectivity index (χ4v) is 3.08. The molecule has 1 heterocycles. The van der Waals surface area contributed by atoms with Crippen LogP contribution in [0.25, 0.3) is 0 Å². The van der Waals surface area contributed by atoms with Gasteiger partial charge in [-0.2, -0.15) is 0 Å². The molecule has 0 spiro atoms. The Labute approximate surface area is 127 Å². The fourth-order valence-electron chi connectivity index (χ4n) is 3.08. The maximum Gasteiger partial charge on any atom is 0.248 e. The number of hydrogen-bond donors (Lipinski definition) is 2. The van der Waals surface area contributed by atoms with E-state index >= 15 is 0 Å². The molecule has 1 aliphatic heterocycles. The van der Waals surface area contributed by atoms with Crippen LogP contribution in [0, 0.1) is 5.92 Å². The fraction of sp³-hybridized carbons (Fsp3) is 0.857. The van der Waals surface area contributed by atoms with E-state index in [1.54, 1.807) is 0 Å². The zero-order valence-electron chi connectivity index (χ0n) is 12.4. The van der Waals surface area contributed by atoms with Gasteiger partial charge in [0.2, 0.25) is 17.7 Å². The van der Waals surface area contributed by atoms with Crippen molar-refractivity contribution >= 4 is 11.8 Å². The summed E-state index contributed by atoms with van der Waals surface area (Å²) in [7, 11) is 0. The van der Waals surface area contributed by atoms with Crippen LogP contribution in [0.1, 0.15) is 32.1 Å². The van der Waals surface area contributed by atoms with Crippen molar-refractivity contribution in [3.8, 4) is 0 Å². The van der Waals surface area contributed by atoms with Gasteiger partial charge in [-0.3, -0.25) is 9.59 Å². The van der Waals surface area contributed by atoms with Crippen LogP contribution in [0.4, 0.5) is 8.78 Å². The minimum atomic E-state index is -2.69. The number of carbonyl (C=O) groups excluding carboxylic acids is 2. The average Bonchev–Trinajstić information content (AvgIpc) is 2.59. The van der Waals surface area contributed by atoms with E-state index in [0.717, 1.165) is 0 Å². The second-order valence-electron chi connectivity index (χ2n) is 6.31. The minimum absolute atomic E-state index is 0.0678. The number of nitrogens with zero attached hydrogens (tertiary/aromatic N) is 1. The van der Waals surface area contributed by atoms with E-state index in [9.17, 15) is 23.5 Å². The molecule has 8 heteroatoms. The van der Waals surface area contributed by atoms with Crippen molar-refractivity contribution in [1.82, 2.24) is 4.90 Å². The molecule has 6 nitrogen and oxygen atoms in total. The Hall–Kier alpha value is -1.28. The molecule has 1 saturated carbocycles. The van der Waals surface area contributed by atoms with E-state index in [1.165, 1.54) is 4.90 Å². The number of halogens is 2. The summed E-state index contributed by atoms with van der Waals surface area (Å²) in [4.78, 5) is 25.0. The number of ether oxygens (including phenoxy) is 1. The van der Waals surface area contributed by atoms with Crippen LogP contribution >= 0.6 is 0 Å². The van der Waals surface area contributed by atoms with Gasteiger partial charge < -0.3 is 20.5 Å². The second-order valence-corrected chi connectivity index (χ2v) is 6.31. The molecular weight excluding hydrogens is 298 g/mol. The van der Waals surface area contributed by atoms with E-state index in [1.807, 2.05) is 0 Å². The summed E-state index contributed by atoms with van der Waals surface area (Å²) in [6, 6.07) is 0. The number of carbonyl (C=O) groups is 2. The molecule has 1 atom stereocenters. The van der Waals surface area contributed by atoms with Crippen molar-refractivity contribution < 1.29 is 28.2 Å². The normalized spacial score (nSPS) is 29.9. The number of alkyl halides is 2. The monoisotopic (exact) mass is 320 g/mol. The van der Waals surface area contributed by atoms with Crippen molar-refractivity contribution in [2.24, 2.45) is 11.7 Å². The van der Waals surface area contributed by atoms with Crippen LogP contribution < -0.4 is 5.73 Å². The van der Waals surface area contributed by atoms with E-state index in [2.05, 4.69) is 0 Å². The molecule has 0 aromatic heterocycles. The lowest BCUT2D eigenvalue weighted by Crippen LogP contribution is -2.50. The smallest absolute Gasteiger partial charge is 0.248 e. The maximum absolute atomic E-state index is 13.2. The van der Waals surface area contributed by atoms with Crippen LogP contribution in [0.5, 0.6) is 0 Å². The van der Waals surface area contributed by atoms with Crippen LogP contribution in [-0.4, -0.2) is 59.6 Å². The Kier molecular flexibility index (Phi) is 5.01. The highest BCUT2D eigenvalue weighted by Gasteiger charge is 2.41. The minimum Gasteiger partial charge on any atom is -0.385 e. The number of rotatable bonds is 3. The topological polar surface area (TPSA) is 92.9 Å². The Balaban J connectivity index is 2.00. The van der Waals surface area contributed by atoms with Gasteiger partial charge in [0, 0.05) is 25.3 Å². The van der Waals surface area contributed by atoms with Gasteiger partial charge >= 0.3 is 0 Å². The van der Waals surface area contributed by atoms with Crippen molar-refractivity contribution in [2.45, 2.75) is 43.6 Å². The van der Waals surface area contributed by atoms with E-state index in [0.29, 0.717) is 0 Å². The zero-order chi connectivity index (χ0) is 16.4. The second kappa shape index (κ2) is 6.45. The summed E-state index contributed by atoms with van der Waals surface area (Å²) in [5.41, 5.74) is 3.60. The van der Waals surface area contributed by atoms with Gasteiger partial charge in [0.15, 0.2) is 0 Å². The summed E-state index contributed by atoms with van der Waals surface area (Å²) in [6.07, 6.45) is -0.618. The first kappa shape index (κ1) is 17.1. The first-order valence-electron chi connectivity index (χ1n) is 7.46. The average molecular weight is 320 g/mol. The lowest BCUT2D eigenvalue weighted by atomic mass is 9.85. The number of amides is 2. The van der Waals surface area contributed by atoms with Crippen LogP contribution in [-0.2, 0) is 14.3 Å². The van der Waals surface area contributed by atoms with Gasteiger partial charge in [-0.1, -0.05) is 0 Å². The predicted molar refractivity (Wildman–Crippen MR) is 73.1 cm³/mol. The van der Waals surface area contributed by atoms with Gasteiger partial charge in [0.05, 0.1) is 26.2 Å². The molecule has 1 saturated heterocycles. The first-order valence-corrected chi connectivity index (χ1v) is 7.46. The molecule has 22 heavy (non-hydrogen) atoms.